The van der Waals surface area contributed by atoms with E-state index in [4.69, 9.17) is 11.5 Å². The first-order valence-electron chi connectivity index (χ1n) is 11.0. The zero-order valence-corrected chi connectivity index (χ0v) is 17.8. The average Bonchev–Trinajstić information content (AvgIpc) is 3.15. The fraction of sp³-hybridized carbons (Fsp3) is 0.458. The van der Waals surface area contributed by atoms with E-state index in [1.165, 1.54) is 5.56 Å². The second-order valence-electron chi connectivity index (χ2n) is 8.69. The van der Waals surface area contributed by atoms with Gasteiger partial charge in [0.05, 0.1) is 24.0 Å². The lowest BCUT2D eigenvalue weighted by atomic mass is 9.87. The van der Waals surface area contributed by atoms with Crippen molar-refractivity contribution in [1.29, 1.82) is 0 Å². The first-order chi connectivity index (χ1) is 14.5. The van der Waals surface area contributed by atoms with Gasteiger partial charge in [0, 0.05) is 6.04 Å². The number of likely N-dealkylation sites (tertiary alicyclic amines) is 1. The lowest BCUT2D eigenvalue weighted by Gasteiger charge is -2.33. The Hall–Kier alpha value is -2.57. The number of anilines is 2. The van der Waals surface area contributed by atoms with E-state index < -0.39 is 0 Å². The molecule has 0 aromatic heterocycles. The molecular weight excluding hydrogens is 374 g/mol. The average molecular weight is 408 g/mol. The Labute approximate surface area is 179 Å². The molecule has 2 amide bonds. The van der Waals surface area contributed by atoms with E-state index in [1.54, 1.807) is 4.90 Å². The Morgan fingerprint density at radius 2 is 1.83 bits per heavy atom. The molecule has 0 spiro atoms. The molecular formula is C24H33N5O. The van der Waals surface area contributed by atoms with Crippen LogP contribution < -0.4 is 21.7 Å². The Morgan fingerprint density at radius 1 is 1.10 bits per heavy atom. The van der Waals surface area contributed by atoms with Gasteiger partial charge >= 0.3 is 6.03 Å². The molecule has 6 heteroatoms. The number of amides is 2. The minimum Gasteiger partial charge on any atom is -0.397 e. The van der Waals surface area contributed by atoms with E-state index in [2.05, 4.69) is 23.2 Å². The van der Waals surface area contributed by atoms with E-state index in [1.807, 2.05) is 42.5 Å². The van der Waals surface area contributed by atoms with Gasteiger partial charge in [-0.05, 0) is 68.9 Å². The lowest BCUT2D eigenvalue weighted by Crippen LogP contribution is -2.36. The fourth-order valence-corrected chi connectivity index (χ4v) is 4.64. The first-order valence-corrected chi connectivity index (χ1v) is 11.0. The Bertz CT molecular complexity index is 861. The number of para-hydroxylation sites is 1. The predicted molar refractivity (Wildman–Crippen MR) is 123 cm³/mol. The third-order valence-electron chi connectivity index (χ3n) is 6.45. The molecule has 0 radical (unpaired) electrons. The molecule has 2 fully saturated rings. The highest BCUT2D eigenvalue weighted by atomic mass is 16.2. The molecule has 160 valence electrons. The number of carbonyl (C=O) groups is 1. The maximum atomic E-state index is 12.7. The quantitative estimate of drug-likeness (QED) is 0.640. The van der Waals surface area contributed by atoms with Crippen LogP contribution in [0.5, 0.6) is 0 Å². The zero-order chi connectivity index (χ0) is 21.1. The topological polar surface area (TPSA) is 87.6 Å². The molecule has 2 aromatic rings. The summed E-state index contributed by atoms with van der Waals surface area (Å²) < 4.78 is 0. The van der Waals surface area contributed by atoms with E-state index in [0.29, 0.717) is 12.5 Å². The molecule has 0 bridgehead atoms. The second kappa shape index (κ2) is 9.06. The number of rotatable bonds is 6. The molecule has 30 heavy (non-hydrogen) atoms. The standard InChI is InChI=1S/C24H33N5O/c1-17(25)10-13-28-14-11-18(12-15-28)20-8-5-9-22(23(20)26)29-16-21(27-24(29)30)19-6-3-2-4-7-19/h2-9,17-18,21H,10-16,25-26H2,1H3,(H,27,30). The summed E-state index contributed by atoms with van der Waals surface area (Å²) in [7, 11) is 0. The number of nitrogen functional groups attached to an aromatic ring is 1. The summed E-state index contributed by atoms with van der Waals surface area (Å²) in [6.07, 6.45) is 3.21. The van der Waals surface area contributed by atoms with Gasteiger partial charge in [0.1, 0.15) is 0 Å². The highest BCUT2D eigenvalue weighted by Gasteiger charge is 2.33. The molecule has 2 aliphatic rings. The van der Waals surface area contributed by atoms with Gasteiger partial charge in [0.15, 0.2) is 0 Å². The molecule has 2 aromatic carbocycles. The fourth-order valence-electron chi connectivity index (χ4n) is 4.64. The summed E-state index contributed by atoms with van der Waals surface area (Å²) >= 11 is 0. The van der Waals surface area contributed by atoms with Crippen molar-refractivity contribution in [2.24, 2.45) is 5.73 Å². The number of hydrogen-bond donors (Lipinski definition) is 3. The van der Waals surface area contributed by atoms with Crippen LogP contribution in [0.1, 0.15) is 49.3 Å². The maximum absolute atomic E-state index is 12.7. The van der Waals surface area contributed by atoms with Crippen molar-refractivity contribution in [3.63, 3.8) is 0 Å². The highest BCUT2D eigenvalue weighted by molar-refractivity contribution is 5.98. The summed E-state index contributed by atoms with van der Waals surface area (Å²) in [5.41, 5.74) is 16.4. The van der Waals surface area contributed by atoms with Crippen molar-refractivity contribution < 1.29 is 4.79 Å². The van der Waals surface area contributed by atoms with Gasteiger partial charge < -0.3 is 21.7 Å². The van der Waals surface area contributed by atoms with Crippen LogP contribution in [-0.2, 0) is 0 Å². The van der Waals surface area contributed by atoms with Gasteiger partial charge in [-0.2, -0.15) is 0 Å². The molecule has 0 saturated carbocycles. The van der Waals surface area contributed by atoms with Crippen LogP contribution in [0.4, 0.5) is 16.2 Å². The van der Waals surface area contributed by atoms with Crippen LogP contribution in [0, 0.1) is 0 Å². The normalized spacial score (nSPS) is 21.6. The first kappa shape index (κ1) is 20.7. The third-order valence-corrected chi connectivity index (χ3v) is 6.45. The Morgan fingerprint density at radius 3 is 2.53 bits per heavy atom. The van der Waals surface area contributed by atoms with Crippen molar-refractivity contribution in [3.05, 3.63) is 59.7 Å². The van der Waals surface area contributed by atoms with Crippen LogP contribution >= 0.6 is 0 Å². The van der Waals surface area contributed by atoms with Gasteiger partial charge in [-0.1, -0.05) is 42.5 Å². The molecule has 0 aliphatic carbocycles. The van der Waals surface area contributed by atoms with Gasteiger partial charge in [-0.25, -0.2) is 4.79 Å². The maximum Gasteiger partial charge on any atom is 0.322 e. The molecule has 4 rings (SSSR count). The van der Waals surface area contributed by atoms with E-state index in [0.717, 1.165) is 55.8 Å². The van der Waals surface area contributed by atoms with Gasteiger partial charge in [0.25, 0.3) is 0 Å². The molecule has 2 aliphatic heterocycles. The van der Waals surface area contributed by atoms with Crippen molar-refractivity contribution in [2.45, 2.75) is 44.2 Å². The molecule has 2 unspecified atom stereocenters. The summed E-state index contributed by atoms with van der Waals surface area (Å²) in [5.74, 6) is 0.437. The monoisotopic (exact) mass is 407 g/mol. The van der Waals surface area contributed by atoms with Gasteiger partial charge in [-0.15, -0.1) is 0 Å². The summed E-state index contributed by atoms with van der Waals surface area (Å²) in [6, 6.07) is 16.4. The number of nitrogens with two attached hydrogens (primary N) is 2. The van der Waals surface area contributed by atoms with Crippen LogP contribution in [0.25, 0.3) is 0 Å². The van der Waals surface area contributed by atoms with Crippen molar-refractivity contribution in [2.75, 3.05) is 36.8 Å². The summed E-state index contributed by atoms with van der Waals surface area (Å²) in [4.78, 5) is 17.0. The number of nitrogens with zero attached hydrogens (tertiary/aromatic N) is 2. The van der Waals surface area contributed by atoms with Crippen molar-refractivity contribution in [3.8, 4) is 0 Å². The number of hydrogen-bond acceptors (Lipinski definition) is 4. The minimum absolute atomic E-state index is 0.0186. The molecule has 2 atom stereocenters. The second-order valence-corrected chi connectivity index (χ2v) is 8.69. The number of benzene rings is 2. The predicted octanol–water partition coefficient (Wildman–Crippen LogP) is 3.46. The summed E-state index contributed by atoms with van der Waals surface area (Å²) in [5, 5.41) is 3.09. The largest absolute Gasteiger partial charge is 0.397 e. The smallest absolute Gasteiger partial charge is 0.322 e. The number of piperidine rings is 1. The van der Waals surface area contributed by atoms with Gasteiger partial charge in [-0.3, -0.25) is 4.90 Å². The molecule has 2 saturated heterocycles. The van der Waals surface area contributed by atoms with Gasteiger partial charge in [0.2, 0.25) is 0 Å². The van der Waals surface area contributed by atoms with Crippen LogP contribution in [0.2, 0.25) is 0 Å². The van der Waals surface area contributed by atoms with E-state index in [-0.39, 0.29) is 18.1 Å². The zero-order valence-electron chi connectivity index (χ0n) is 17.8. The lowest BCUT2D eigenvalue weighted by molar-refractivity contribution is 0.207. The number of urea groups is 1. The van der Waals surface area contributed by atoms with Crippen LogP contribution in [-0.4, -0.2) is 43.2 Å². The molecule has 5 N–H and O–H groups in total. The van der Waals surface area contributed by atoms with E-state index >= 15 is 0 Å². The molecule has 6 nitrogen and oxygen atoms in total. The number of carbonyl (C=O) groups excluding carboxylic acids is 1. The summed E-state index contributed by atoms with van der Waals surface area (Å²) in [6.45, 7) is 5.86. The Balaban J connectivity index is 1.45. The highest BCUT2D eigenvalue weighted by Crippen LogP contribution is 2.38. The van der Waals surface area contributed by atoms with E-state index in [9.17, 15) is 4.79 Å². The minimum atomic E-state index is -0.0848. The Kier molecular flexibility index (Phi) is 6.25. The van der Waals surface area contributed by atoms with Crippen LogP contribution in [0.3, 0.4) is 0 Å². The number of nitrogens with one attached hydrogen (secondary N) is 1. The third kappa shape index (κ3) is 4.45. The molecule has 2 heterocycles. The van der Waals surface area contributed by atoms with Crippen LogP contribution in [0.15, 0.2) is 48.5 Å². The van der Waals surface area contributed by atoms with Crippen molar-refractivity contribution in [1.82, 2.24) is 10.2 Å². The SMILES string of the molecule is CC(N)CCN1CCC(c2cccc(N3CC(c4ccccc4)NC3=O)c2N)CC1. The van der Waals surface area contributed by atoms with Crippen molar-refractivity contribution >= 4 is 17.4 Å².